The molecule has 1 N–H and O–H groups in total. The number of halogens is 2. The highest BCUT2D eigenvalue weighted by Gasteiger charge is 2.20. The van der Waals surface area contributed by atoms with Crippen LogP contribution in [-0.4, -0.2) is 37.5 Å². The highest BCUT2D eigenvalue weighted by atomic mass is 35.5. The maximum atomic E-state index is 13.9. The second-order valence-electron chi connectivity index (χ2n) is 5.94. The van der Waals surface area contributed by atoms with Crippen LogP contribution in [0.1, 0.15) is 12.0 Å². The van der Waals surface area contributed by atoms with Crippen LogP contribution in [0.5, 0.6) is 5.88 Å². The first-order valence-electron chi connectivity index (χ1n) is 8.39. The second kappa shape index (κ2) is 8.69. The van der Waals surface area contributed by atoms with Crippen LogP contribution in [0.2, 0.25) is 5.02 Å². The third kappa shape index (κ3) is 4.88. The fraction of sp³-hybridized carbons (Fsp3) is 0.235. The highest BCUT2D eigenvalue weighted by molar-refractivity contribution is 6.31. The molecular formula is C17H16ClFN6O4. The lowest BCUT2D eigenvalue weighted by Crippen LogP contribution is -2.15. The maximum absolute atomic E-state index is 13.9. The summed E-state index contributed by atoms with van der Waals surface area (Å²) in [6.07, 6.45) is 2.78. The molecule has 2 aromatic heterocycles. The standard InChI is InChI=1S/C17H16ClFN6O4/c1-29-17-14(25(27)28)10-24(22-17)8-6-16(26)20-15-5-7-23(21-15)9-11-12(18)3-2-4-13(11)19/h2-5,7,10H,6,8-9H2,1H3,(H,20,21,26). The molecule has 0 radical (unpaired) electrons. The van der Waals surface area contributed by atoms with Crippen LogP contribution in [0.4, 0.5) is 15.9 Å². The number of nitro groups is 1. The second-order valence-corrected chi connectivity index (χ2v) is 6.35. The van der Waals surface area contributed by atoms with Crippen LogP contribution in [0.25, 0.3) is 0 Å². The Hall–Kier alpha value is -3.47. The summed E-state index contributed by atoms with van der Waals surface area (Å²) in [7, 11) is 1.27. The maximum Gasteiger partial charge on any atom is 0.350 e. The molecule has 12 heteroatoms. The van der Waals surface area contributed by atoms with Gasteiger partial charge in [0, 0.05) is 29.3 Å². The molecule has 152 valence electrons. The van der Waals surface area contributed by atoms with E-state index in [-0.39, 0.29) is 47.8 Å². The lowest BCUT2D eigenvalue weighted by molar-refractivity contribution is -0.385. The van der Waals surface area contributed by atoms with Gasteiger partial charge in [-0.25, -0.2) is 4.39 Å². The summed E-state index contributed by atoms with van der Waals surface area (Å²) in [4.78, 5) is 22.4. The minimum absolute atomic E-state index is 0.00793. The molecule has 1 amide bonds. The molecular weight excluding hydrogens is 407 g/mol. The number of ether oxygens (including phenoxy) is 1. The number of hydrogen-bond acceptors (Lipinski definition) is 6. The Morgan fingerprint density at radius 3 is 2.79 bits per heavy atom. The predicted molar refractivity (Wildman–Crippen MR) is 101 cm³/mol. The number of nitrogens with zero attached hydrogens (tertiary/aromatic N) is 5. The SMILES string of the molecule is COc1nn(CCC(=O)Nc2ccn(Cc3c(F)cccc3Cl)n2)cc1[N+](=O)[O-]. The first kappa shape index (κ1) is 20.3. The number of nitrogens with one attached hydrogen (secondary N) is 1. The van der Waals surface area contributed by atoms with Gasteiger partial charge in [0.1, 0.15) is 12.0 Å². The van der Waals surface area contributed by atoms with E-state index in [0.717, 1.165) is 0 Å². The fourth-order valence-corrected chi connectivity index (χ4v) is 2.78. The van der Waals surface area contributed by atoms with Crippen LogP contribution < -0.4 is 10.1 Å². The summed E-state index contributed by atoms with van der Waals surface area (Å²) in [5.74, 6) is -0.647. The summed E-state index contributed by atoms with van der Waals surface area (Å²) in [5.41, 5.74) is 0.0165. The number of carbonyl (C=O) groups is 1. The number of benzene rings is 1. The average molecular weight is 423 g/mol. The summed E-state index contributed by atoms with van der Waals surface area (Å²) < 4.78 is 21.4. The van der Waals surface area contributed by atoms with Crippen LogP contribution >= 0.6 is 11.6 Å². The van der Waals surface area contributed by atoms with Crippen LogP contribution in [0.3, 0.4) is 0 Å². The van der Waals surface area contributed by atoms with Gasteiger partial charge in [0.05, 0.1) is 25.1 Å². The molecule has 1 aromatic carbocycles. The zero-order valence-corrected chi connectivity index (χ0v) is 16.0. The van der Waals surface area contributed by atoms with E-state index in [1.807, 2.05) is 0 Å². The Morgan fingerprint density at radius 1 is 1.34 bits per heavy atom. The molecule has 0 saturated carbocycles. The number of hydrogen-bond donors (Lipinski definition) is 1. The molecule has 3 rings (SSSR count). The molecule has 10 nitrogen and oxygen atoms in total. The van der Waals surface area contributed by atoms with Gasteiger partial charge in [0.15, 0.2) is 5.82 Å². The van der Waals surface area contributed by atoms with E-state index < -0.39 is 10.7 Å². The Bertz CT molecular complexity index is 1030. The van der Waals surface area contributed by atoms with Crippen LogP contribution in [-0.2, 0) is 17.9 Å². The molecule has 3 aromatic rings. The van der Waals surface area contributed by atoms with E-state index >= 15 is 0 Å². The predicted octanol–water partition coefficient (Wildman–Crippen LogP) is 2.87. The van der Waals surface area contributed by atoms with Gasteiger partial charge in [-0.05, 0) is 12.1 Å². The normalized spacial score (nSPS) is 10.7. The number of anilines is 1. The third-order valence-electron chi connectivity index (χ3n) is 3.96. The van der Waals surface area contributed by atoms with Crippen molar-refractivity contribution in [1.29, 1.82) is 0 Å². The van der Waals surface area contributed by atoms with Crippen molar-refractivity contribution >= 4 is 29.0 Å². The molecule has 0 aliphatic heterocycles. The van der Waals surface area contributed by atoms with Gasteiger partial charge in [-0.2, -0.15) is 5.10 Å². The molecule has 2 heterocycles. The lowest BCUT2D eigenvalue weighted by Gasteiger charge is -2.06. The van der Waals surface area contributed by atoms with Crippen molar-refractivity contribution in [2.24, 2.45) is 0 Å². The molecule has 0 aliphatic rings. The largest absolute Gasteiger partial charge is 0.475 e. The van der Waals surface area contributed by atoms with Gasteiger partial charge in [-0.15, -0.1) is 5.10 Å². The Labute approximate surface area is 169 Å². The van der Waals surface area contributed by atoms with E-state index in [2.05, 4.69) is 15.5 Å². The molecule has 0 fully saturated rings. The van der Waals surface area contributed by atoms with Crippen molar-refractivity contribution in [3.8, 4) is 5.88 Å². The topological polar surface area (TPSA) is 117 Å². The molecule has 0 atom stereocenters. The van der Waals surface area contributed by atoms with E-state index in [1.54, 1.807) is 18.3 Å². The van der Waals surface area contributed by atoms with Crippen molar-refractivity contribution in [3.63, 3.8) is 0 Å². The first-order chi connectivity index (χ1) is 13.9. The first-order valence-corrected chi connectivity index (χ1v) is 8.77. The van der Waals surface area contributed by atoms with E-state index in [9.17, 15) is 19.3 Å². The fourth-order valence-electron chi connectivity index (χ4n) is 2.56. The van der Waals surface area contributed by atoms with Gasteiger partial charge < -0.3 is 10.1 Å². The average Bonchev–Trinajstić information content (AvgIpc) is 3.29. The quantitative estimate of drug-likeness (QED) is 0.440. The summed E-state index contributed by atoms with van der Waals surface area (Å²) in [5, 5.41) is 21.9. The van der Waals surface area contributed by atoms with Crippen LogP contribution in [0, 0.1) is 15.9 Å². The minimum atomic E-state index is -0.614. The molecule has 29 heavy (non-hydrogen) atoms. The number of amides is 1. The van der Waals surface area contributed by atoms with Crippen molar-refractivity contribution in [2.75, 3.05) is 12.4 Å². The number of methoxy groups -OCH3 is 1. The summed E-state index contributed by atoms with van der Waals surface area (Å²) in [6, 6.07) is 5.97. The van der Waals surface area contributed by atoms with Gasteiger partial charge in [0.25, 0.3) is 0 Å². The van der Waals surface area contributed by atoms with Gasteiger partial charge in [-0.3, -0.25) is 24.3 Å². The van der Waals surface area contributed by atoms with Crippen molar-refractivity contribution in [3.05, 3.63) is 63.2 Å². The van der Waals surface area contributed by atoms with Crippen molar-refractivity contribution < 1.29 is 18.8 Å². The molecule has 0 spiro atoms. The molecule has 0 unspecified atom stereocenters. The monoisotopic (exact) mass is 422 g/mol. The highest BCUT2D eigenvalue weighted by Crippen LogP contribution is 2.24. The molecule has 0 saturated heterocycles. The Balaban J connectivity index is 1.57. The summed E-state index contributed by atoms with van der Waals surface area (Å²) in [6.45, 7) is 0.222. The molecule has 0 aliphatic carbocycles. The number of aromatic nitrogens is 4. The van der Waals surface area contributed by atoms with Crippen molar-refractivity contribution in [2.45, 2.75) is 19.5 Å². The number of aryl methyl sites for hydroxylation is 1. The lowest BCUT2D eigenvalue weighted by atomic mass is 10.2. The third-order valence-corrected chi connectivity index (χ3v) is 4.31. The van der Waals surface area contributed by atoms with E-state index in [1.165, 1.54) is 34.8 Å². The van der Waals surface area contributed by atoms with Gasteiger partial charge in [-0.1, -0.05) is 17.7 Å². The van der Waals surface area contributed by atoms with E-state index in [0.29, 0.717) is 5.56 Å². The summed E-state index contributed by atoms with van der Waals surface area (Å²) >= 11 is 6.00. The van der Waals surface area contributed by atoms with Gasteiger partial charge in [0.2, 0.25) is 5.91 Å². The Morgan fingerprint density at radius 2 is 2.14 bits per heavy atom. The van der Waals surface area contributed by atoms with Gasteiger partial charge >= 0.3 is 11.6 Å². The van der Waals surface area contributed by atoms with Crippen molar-refractivity contribution in [1.82, 2.24) is 19.6 Å². The smallest absolute Gasteiger partial charge is 0.350 e. The zero-order valence-electron chi connectivity index (χ0n) is 15.2. The van der Waals surface area contributed by atoms with Crippen LogP contribution in [0.15, 0.2) is 36.7 Å². The van der Waals surface area contributed by atoms with E-state index in [4.69, 9.17) is 16.3 Å². The number of carbonyl (C=O) groups excluding carboxylic acids is 1. The Kier molecular flexibility index (Phi) is 6.07. The zero-order chi connectivity index (χ0) is 21.0. The molecule has 0 bridgehead atoms. The number of rotatable bonds is 8. The minimum Gasteiger partial charge on any atom is -0.475 e.